The van der Waals surface area contributed by atoms with Gasteiger partial charge in [-0.15, -0.1) is 0 Å². The van der Waals surface area contributed by atoms with Crippen molar-refractivity contribution in [2.24, 2.45) is 0 Å². The number of hydrogen-bond acceptors (Lipinski definition) is 3. The van der Waals surface area contributed by atoms with E-state index in [-0.39, 0.29) is 0 Å². The molecule has 0 spiro atoms. The highest BCUT2D eigenvalue weighted by molar-refractivity contribution is 9.10. The largest absolute Gasteiger partial charge is 0.470 e. The first-order chi connectivity index (χ1) is 6.86. The first-order valence-corrected chi connectivity index (χ1v) is 4.94. The van der Waals surface area contributed by atoms with Gasteiger partial charge in [0.1, 0.15) is 10.4 Å². The Morgan fingerprint density at radius 1 is 1.43 bits per heavy atom. The summed E-state index contributed by atoms with van der Waals surface area (Å²) in [5.74, 6) is 1.71. The van der Waals surface area contributed by atoms with Gasteiger partial charge in [-0.05, 0) is 22.0 Å². The van der Waals surface area contributed by atoms with E-state index in [1.165, 1.54) is 0 Å². The van der Waals surface area contributed by atoms with Crippen molar-refractivity contribution in [1.29, 1.82) is 0 Å². The Hall–Kier alpha value is -1.36. The Kier molecular flexibility index (Phi) is 1.61. The lowest BCUT2D eigenvalue weighted by Crippen LogP contribution is -2.13. The van der Waals surface area contributed by atoms with Crippen LogP contribution in [0.3, 0.4) is 0 Å². The van der Waals surface area contributed by atoms with Crippen molar-refractivity contribution in [2.45, 2.75) is 6.73 Å². The number of ether oxygens (including phenoxy) is 1. The number of pyridine rings is 1. The second-order valence-corrected chi connectivity index (χ2v) is 3.79. The van der Waals surface area contributed by atoms with Gasteiger partial charge in [0.15, 0.2) is 12.5 Å². The standard InChI is InChI=1S/C9H6BrN3O/c10-8-4-12-9-6-1-2-11-3-7(6)14-5-13(8)9/h1-4H,5H2. The van der Waals surface area contributed by atoms with Crippen molar-refractivity contribution >= 4 is 15.9 Å². The van der Waals surface area contributed by atoms with Crippen LogP contribution in [0, 0.1) is 0 Å². The van der Waals surface area contributed by atoms with Gasteiger partial charge in [0.05, 0.1) is 18.0 Å². The van der Waals surface area contributed by atoms with Crippen LogP contribution in [0.5, 0.6) is 5.75 Å². The van der Waals surface area contributed by atoms with E-state index in [0.717, 1.165) is 21.7 Å². The molecule has 1 aliphatic heterocycles. The van der Waals surface area contributed by atoms with Gasteiger partial charge < -0.3 is 4.74 Å². The van der Waals surface area contributed by atoms with E-state index in [0.29, 0.717) is 6.73 Å². The third kappa shape index (κ3) is 0.988. The van der Waals surface area contributed by atoms with E-state index >= 15 is 0 Å². The van der Waals surface area contributed by atoms with Gasteiger partial charge >= 0.3 is 0 Å². The first kappa shape index (κ1) is 7.99. The number of halogens is 1. The second kappa shape index (κ2) is 2.81. The highest BCUT2D eigenvalue weighted by Gasteiger charge is 2.19. The van der Waals surface area contributed by atoms with Gasteiger partial charge in [0, 0.05) is 6.20 Å². The normalized spacial score (nSPS) is 12.9. The average molecular weight is 252 g/mol. The minimum Gasteiger partial charge on any atom is -0.470 e. The molecule has 14 heavy (non-hydrogen) atoms. The minimum atomic E-state index is 0.481. The summed E-state index contributed by atoms with van der Waals surface area (Å²) >= 11 is 3.41. The predicted octanol–water partition coefficient (Wildman–Crippen LogP) is 2.06. The maximum absolute atomic E-state index is 5.52. The van der Waals surface area contributed by atoms with Crippen molar-refractivity contribution in [2.75, 3.05) is 0 Å². The molecule has 3 heterocycles. The molecule has 0 bridgehead atoms. The highest BCUT2D eigenvalue weighted by atomic mass is 79.9. The molecule has 4 nitrogen and oxygen atoms in total. The molecule has 0 N–H and O–H groups in total. The zero-order chi connectivity index (χ0) is 9.54. The van der Waals surface area contributed by atoms with Crippen LogP contribution in [0.25, 0.3) is 11.4 Å². The summed E-state index contributed by atoms with van der Waals surface area (Å²) in [5, 5.41) is 0. The summed E-state index contributed by atoms with van der Waals surface area (Å²) in [4.78, 5) is 8.31. The molecule has 0 amide bonds. The molecule has 0 aromatic carbocycles. The smallest absolute Gasteiger partial charge is 0.167 e. The van der Waals surface area contributed by atoms with Gasteiger partial charge in [-0.3, -0.25) is 9.55 Å². The lowest BCUT2D eigenvalue weighted by molar-refractivity contribution is 0.226. The second-order valence-electron chi connectivity index (χ2n) is 2.98. The fourth-order valence-electron chi connectivity index (χ4n) is 1.51. The molecule has 3 rings (SSSR count). The average Bonchev–Trinajstić information content (AvgIpc) is 2.61. The van der Waals surface area contributed by atoms with E-state index in [4.69, 9.17) is 4.74 Å². The Morgan fingerprint density at radius 3 is 3.29 bits per heavy atom. The highest BCUT2D eigenvalue weighted by Crippen LogP contribution is 2.33. The Labute approximate surface area is 88.7 Å². The summed E-state index contributed by atoms with van der Waals surface area (Å²) in [6, 6.07) is 1.90. The van der Waals surface area contributed by atoms with E-state index in [1.807, 2.05) is 10.6 Å². The van der Waals surface area contributed by atoms with Crippen molar-refractivity contribution in [1.82, 2.24) is 14.5 Å². The molecule has 70 valence electrons. The topological polar surface area (TPSA) is 39.9 Å². The summed E-state index contributed by atoms with van der Waals surface area (Å²) in [6.45, 7) is 0.481. The fourth-order valence-corrected chi connectivity index (χ4v) is 1.88. The SMILES string of the molecule is Brc1cnc2n1COc1cnccc1-2. The monoisotopic (exact) mass is 251 g/mol. The van der Waals surface area contributed by atoms with E-state index in [2.05, 4.69) is 25.9 Å². The molecular formula is C9H6BrN3O. The fraction of sp³-hybridized carbons (Fsp3) is 0.111. The first-order valence-electron chi connectivity index (χ1n) is 4.14. The summed E-state index contributed by atoms with van der Waals surface area (Å²) in [7, 11) is 0. The van der Waals surface area contributed by atoms with Crippen molar-refractivity contribution in [3.8, 4) is 17.1 Å². The van der Waals surface area contributed by atoms with Crippen LogP contribution in [0.15, 0.2) is 29.3 Å². The van der Waals surface area contributed by atoms with Crippen LogP contribution >= 0.6 is 15.9 Å². The minimum absolute atomic E-state index is 0.481. The third-order valence-corrected chi connectivity index (χ3v) is 2.81. The lowest BCUT2D eigenvalue weighted by Gasteiger charge is -2.18. The molecule has 0 fully saturated rings. The summed E-state index contributed by atoms with van der Waals surface area (Å²) in [5.41, 5.74) is 0.983. The maximum atomic E-state index is 5.52. The number of imidazole rings is 1. The van der Waals surface area contributed by atoms with Crippen LogP contribution in [0.2, 0.25) is 0 Å². The molecule has 0 saturated heterocycles. The summed E-state index contributed by atoms with van der Waals surface area (Å²) < 4.78 is 8.41. The Bertz CT molecular complexity index is 495. The molecule has 0 unspecified atom stereocenters. The van der Waals surface area contributed by atoms with Crippen LogP contribution < -0.4 is 4.74 Å². The number of rotatable bonds is 0. The molecule has 2 aromatic heterocycles. The lowest BCUT2D eigenvalue weighted by atomic mass is 10.2. The zero-order valence-electron chi connectivity index (χ0n) is 7.14. The number of aromatic nitrogens is 3. The summed E-state index contributed by atoms with van der Waals surface area (Å²) in [6.07, 6.45) is 5.22. The van der Waals surface area contributed by atoms with Crippen LogP contribution in [0.1, 0.15) is 0 Å². The molecule has 0 radical (unpaired) electrons. The number of nitrogens with zero attached hydrogens (tertiary/aromatic N) is 3. The predicted molar refractivity (Wildman–Crippen MR) is 53.8 cm³/mol. The Balaban J connectivity index is 2.29. The van der Waals surface area contributed by atoms with Gasteiger partial charge in [0.2, 0.25) is 0 Å². The van der Waals surface area contributed by atoms with Crippen LogP contribution in [-0.2, 0) is 6.73 Å². The molecule has 0 atom stereocenters. The molecule has 2 aromatic rings. The molecular weight excluding hydrogens is 246 g/mol. The van der Waals surface area contributed by atoms with Gasteiger partial charge in [-0.1, -0.05) is 0 Å². The van der Waals surface area contributed by atoms with Crippen molar-refractivity contribution in [3.63, 3.8) is 0 Å². The molecule has 5 heteroatoms. The van der Waals surface area contributed by atoms with E-state index in [9.17, 15) is 0 Å². The third-order valence-electron chi connectivity index (χ3n) is 2.18. The van der Waals surface area contributed by atoms with Gasteiger partial charge in [-0.25, -0.2) is 4.98 Å². The zero-order valence-corrected chi connectivity index (χ0v) is 8.73. The van der Waals surface area contributed by atoms with E-state index < -0.39 is 0 Å². The maximum Gasteiger partial charge on any atom is 0.167 e. The van der Waals surface area contributed by atoms with Crippen LogP contribution in [0.4, 0.5) is 0 Å². The quantitative estimate of drug-likeness (QED) is 0.720. The van der Waals surface area contributed by atoms with Gasteiger partial charge in [-0.2, -0.15) is 0 Å². The Morgan fingerprint density at radius 2 is 2.36 bits per heavy atom. The molecule has 0 aliphatic carbocycles. The van der Waals surface area contributed by atoms with Crippen LogP contribution in [-0.4, -0.2) is 14.5 Å². The molecule has 1 aliphatic rings. The molecule has 0 saturated carbocycles. The van der Waals surface area contributed by atoms with Crippen molar-refractivity contribution in [3.05, 3.63) is 29.3 Å². The number of hydrogen-bond donors (Lipinski definition) is 0. The van der Waals surface area contributed by atoms with E-state index in [1.54, 1.807) is 18.6 Å². The van der Waals surface area contributed by atoms with Crippen molar-refractivity contribution < 1.29 is 4.74 Å². The van der Waals surface area contributed by atoms with Gasteiger partial charge in [0.25, 0.3) is 0 Å². The number of fused-ring (bicyclic) bond motifs is 3.